The van der Waals surface area contributed by atoms with Crippen LogP contribution in [0.4, 0.5) is 17.1 Å². The average molecular weight is 544 g/mol. The molecule has 0 amide bonds. The topological polar surface area (TPSA) is 3.24 Å². The van der Waals surface area contributed by atoms with Gasteiger partial charge in [-0.25, -0.2) is 0 Å². The molecule has 0 heterocycles. The number of hydrogen-bond donors (Lipinski definition) is 0. The molecule has 5 rings (SSSR count). The van der Waals surface area contributed by atoms with E-state index in [1.165, 1.54) is 27.8 Å². The summed E-state index contributed by atoms with van der Waals surface area (Å²) in [4.78, 5) is 2.30. The van der Waals surface area contributed by atoms with E-state index in [9.17, 15) is 0 Å². The van der Waals surface area contributed by atoms with Crippen LogP contribution in [0.3, 0.4) is 0 Å². The molecule has 1 heteroatoms. The van der Waals surface area contributed by atoms with Crippen LogP contribution in [0.2, 0.25) is 0 Å². The maximum absolute atomic E-state index is 2.30. The van der Waals surface area contributed by atoms with Crippen molar-refractivity contribution < 1.29 is 0 Å². The monoisotopic (exact) mass is 543 g/mol. The zero-order chi connectivity index (χ0) is 29.1. The van der Waals surface area contributed by atoms with Crippen molar-refractivity contribution in [2.24, 2.45) is 0 Å². The molecule has 0 aliphatic heterocycles. The molecule has 0 N–H and O–H groups in total. The van der Waals surface area contributed by atoms with Gasteiger partial charge in [-0.1, -0.05) is 150 Å². The van der Waals surface area contributed by atoms with Crippen molar-refractivity contribution in [1.82, 2.24) is 0 Å². The molecule has 5 aromatic carbocycles. The number of anilines is 3. The molecule has 0 radical (unpaired) electrons. The predicted molar refractivity (Wildman–Crippen MR) is 184 cm³/mol. The zero-order valence-electron chi connectivity index (χ0n) is 24.6. The average Bonchev–Trinajstić information content (AvgIpc) is 3.02. The highest BCUT2D eigenvalue weighted by atomic mass is 15.1. The molecule has 42 heavy (non-hydrogen) atoms. The molecule has 0 aromatic heterocycles. The summed E-state index contributed by atoms with van der Waals surface area (Å²) in [5, 5.41) is 0. The molecule has 0 spiro atoms. The van der Waals surface area contributed by atoms with Gasteiger partial charge in [0.25, 0.3) is 0 Å². The fourth-order valence-electron chi connectivity index (χ4n) is 4.63. The van der Waals surface area contributed by atoms with Crippen LogP contribution in [0, 0.1) is 20.8 Å². The molecule has 0 bridgehead atoms. The summed E-state index contributed by atoms with van der Waals surface area (Å²) in [5.74, 6) is 0. The molecule has 0 aliphatic carbocycles. The minimum Gasteiger partial charge on any atom is -0.311 e. The molecule has 0 saturated heterocycles. The van der Waals surface area contributed by atoms with E-state index in [0.29, 0.717) is 0 Å². The van der Waals surface area contributed by atoms with Gasteiger partial charge >= 0.3 is 0 Å². The Morgan fingerprint density at radius 3 is 0.810 bits per heavy atom. The highest BCUT2D eigenvalue weighted by Gasteiger charge is 2.12. The lowest BCUT2D eigenvalue weighted by Gasteiger charge is -2.26. The number of allylic oxidation sites excluding steroid dienone is 4. The van der Waals surface area contributed by atoms with Gasteiger partial charge in [0.05, 0.1) is 0 Å². The maximum atomic E-state index is 2.30. The minimum atomic E-state index is 1.12. The summed E-state index contributed by atoms with van der Waals surface area (Å²) in [6, 6.07) is 43.2. The second kappa shape index (κ2) is 14.0. The van der Waals surface area contributed by atoms with Gasteiger partial charge in [0, 0.05) is 17.1 Å². The first-order valence-corrected chi connectivity index (χ1v) is 14.4. The summed E-state index contributed by atoms with van der Waals surface area (Å²) in [5.41, 5.74) is 11.9. The second-order valence-electron chi connectivity index (χ2n) is 10.6. The van der Waals surface area contributed by atoms with Gasteiger partial charge < -0.3 is 4.90 Å². The molecule has 206 valence electrons. The van der Waals surface area contributed by atoms with Crippen LogP contribution in [0.15, 0.2) is 146 Å². The second-order valence-corrected chi connectivity index (χ2v) is 10.6. The third-order valence-corrected chi connectivity index (χ3v) is 7.13. The first-order valence-electron chi connectivity index (χ1n) is 14.4. The Morgan fingerprint density at radius 2 is 0.524 bits per heavy atom. The van der Waals surface area contributed by atoms with E-state index in [1.807, 2.05) is 0 Å². The van der Waals surface area contributed by atoms with Crippen molar-refractivity contribution in [2.75, 3.05) is 4.90 Å². The molecule has 0 fully saturated rings. The summed E-state index contributed by atoms with van der Waals surface area (Å²) in [7, 11) is 0. The molecule has 0 unspecified atom stereocenters. The van der Waals surface area contributed by atoms with Crippen LogP contribution < -0.4 is 4.90 Å². The Hall–Kier alpha value is -5.14. The number of rotatable bonds is 9. The summed E-state index contributed by atoms with van der Waals surface area (Å²) < 4.78 is 0. The van der Waals surface area contributed by atoms with Gasteiger partial charge in [-0.2, -0.15) is 0 Å². The van der Waals surface area contributed by atoms with E-state index in [0.717, 1.165) is 28.2 Å². The van der Waals surface area contributed by atoms with Crippen LogP contribution >= 0.6 is 0 Å². The SMILES string of the molecule is Cc1ccc(C=CC=Cc2ccc(N(c3ccc(C)cc3)c3ccc(C=CC=Cc4ccc(C)cc4)cc3)cc2)cc1. The number of hydrogen-bond acceptors (Lipinski definition) is 1. The lowest BCUT2D eigenvalue weighted by molar-refractivity contribution is 1.27. The fourth-order valence-corrected chi connectivity index (χ4v) is 4.63. The Bertz CT molecular complexity index is 1570. The Morgan fingerprint density at radius 1 is 0.310 bits per heavy atom. The van der Waals surface area contributed by atoms with E-state index >= 15 is 0 Å². The van der Waals surface area contributed by atoms with Gasteiger partial charge in [-0.15, -0.1) is 0 Å². The first-order chi connectivity index (χ1) is 20.5. The van der Waals surface area contributed by atoms with E-state index in [4.69, 9.17) is 0 Å². The minimum absolute atomic E-state index is 1.12. The fraction of sp³-hybridized carbons (Fsp3) is 0.0732. The normalized spacial score (nSPS) is 11.8. The summed E-state index contributed by atoms with van der Waals surface area (Å²) >= 11 is 0. The number of benzene rings is 5. The smallest absolute Gasteiger partial charge is 0.0462 e. The third-order valence-electron chi connectivity index (χ3n) is 7.13. The van der Waals surface area contributed by atoms with Crippen LogP contribution in [-0.4, -0.2) is 0 Å². The molecular weight excluding hydrogens is 506 g/mol. The number of aryl methyl sites for hydroxylation is 3. The van der Waals surface area contributed by atoms with Gasteiger partial charge in [0.1, 0.15) is 0 Å². The van der Waals surface area contributed by atoms with Crippen LogP contribution in [0.1, 0.15) is 38.9 Å². The van der Waals surface area contributed by atoms with Crippen molar-refractivity contribution in [2.45, 2.75) is 20.8 Å². The van der Waals surface area contributed by atoms with Crippen molar-refractivity contribution in [1.29, 1.82) is 0 Å². The van der Waals surface area contributed by atoms with Crippen LogP contribution in [0.25, 0.3) is 24.3 Å². The molecular formula is C41H37N. The van der Waals surface area contributed by atoms with Crippen molar-refractivity contribution in [3.8, 4) is 0 Å². The predicted octanol–water partition coefficient (Wildman–Crippen LogP) is 11.5. The highest BCUT2D eigenvalue weighted by molar-refractivity contribution is 5.78. The molecule has 0 saturated carbocycles. The molecule has 5 aromatic rings. The van der Waals surface area contributed by atoms with E-state index in [1.54, 1.807) is 0 Å². The third kappa shape index (κ3) is 7.96. The van der Waals surface area contributed by atoms with Crippen LogP contribution in [-0.2, 0) is 0 Å². The van der Waals surface area contributed by atoms with Crippen molar-refractivity contribution >= 4 is 41.4 Å². The Kier molecular flexibility index (Phi) is 9.44. The lowest BCUT2D eigenvalue weighted by atomic mass is 10.1. The van der Waals surface area contributed by atoms with Gasteiger partial charge in [-0.3, -0.25) is 0 Å². The molecule has 1 nitrogen and oxygen atoms in total. The Balaban J connectivity index is 1.31. The Labute approximate surface area is 251 Å². The largest absolute Gasteiger partial charge is 0.311 e. The lowest BCUT2D eigenvalue weighted by Crippen LogP contribution is -2.09. The standard InChI is InChI=1S/C41H37N/c1-32-12-18-35(19-13-32)8-4-6-10-37-22-28-40(29-23-37)42(39-26-16-34(3)17-27-39)41-30-24-38(25-31-41)11-7-5-9-36-20-14-33(2)15-21-36/h4-31H,1-3H3. The maximum Gasteiger partial charge on any atom is 0.0462 e. The highest BCUT2D eigenvalue weighted by Crippen LogP contribution is 2.35. The van der Waals surface area contributed by atoms with E-state index in [2.05, 4.69) is 196 Å². The summed E-state index contributed by atoms with van der Waals surface area (Å²) in [6.07, 6.45) is 16.9. The van der Waals surface area contributed by atoms with Crippen molar-refractivity contribution in [3.05, 3.63) is 185 Å². The van der Waals surface area contributed by atoms with E-state index < -0.39 is 0 Å². The van der Waals surface area contributed by atoms with E-state index in [-0.39, 0.29) is 0 Å². The molecule has 0 atom stereocenters. The van der Waals surface area contributed by atoms with Gasteiger partial charge in [0.15, 0.2) is 0 Å². The van der Waals surface area contributed by atoms with Gasteiger partial charge in [0.2, 0.25) is 0 Å². The van der Waals surface area contributed by atoms with Gasteiger partial charge in [-0.05, 0) is 79.4 Å². The number of nitrogens with zero attached hydrogens (tertiary/aromatic N) is 1. The molecule has 0 aliphatic rings. The zero-order valence-corrected chi connectivity index (χ0v) is 24.6. The van der Waals surface area contributed by atoms with Crippen LogP contribution in [0.5, 0.6) is 0 Å². The summed E-state index contributed by atoms with van der Waals surface area (Å²) in [6.45, 7) is 6.34. The quantitative estimate of drug-likeness (QED) is 0.167. The first kappa shape index (κ1) is 28.4. The van der Waals surface area contributed by atoms with Crippen molar-refractivity contribution in [3.63, 3.8) is 0 Å².